The molecule has 47 heavy (non-hydrogen) atoms. The number of cyclic esters (lactones) is 3. The molecule has 0 spiro atoms. The van der Waals surface area contributed by atoms with Crippen LogP contribution in [0.2, 0.25) is 0 Å². The standard InChI is InChI=1S/C35H61N3O9/c1-16-22(11)25-34(43)46-27(19(5)6)30(39)36(13)24(18(3)4)33(42)45-28(20(7)8)31(40)37(14)26(23(12)17-2)35(44)47-29(21(9)10)32(41)38(25)15/h18-29H,16-17H2,1-15H3/t22-,23+,24+,25+,26+,27-,28-,29-/m1/s1. The SMILES string of the molecule is CC[C@@H](C)[C@H]1C(=O)O[C@H](C(C)C)C(=O)N(C)[C@@H](C(C)C)C(=O)O[C@H](C(C)C)C(=O)N(C)[C@@H]([C@@H](C)CC)C(=O)O[C@H](C(C)C)C(=O)N1C. The maximum atomic E-state index is 14.0. The molecule has 12 heteroatoms. The zero-order valence-corrected chi connectivity index (χ0v) is 31.4. The molecule has 0 saturated carbocycles. The number of carbonyl (C=O) groups is 6. The summed E-state index contributed by atoms with van der Waals surface area (Å²) in [7, 11) is 4.36. The molecule has 1 aliphatic rings. The van der Waals surface area contributed by atoms with Crippen molar-refractivity contribution >= 4 is 35.6 Å². The molecule has 0 aromatic rings. The van der Waals surface area contributed by atoms with Crippen molar-refractivity contribution in [1.29, 1.82) is 0 Å². The Morgan fingerprint density at radius 3 is 0.894 bits per heavy atom. The van der Waals surface area contributed by atoms with E-state index >= 15 is 0 Å². The minimum atomic E-state index is -1.28. The molecule has 12 nitrogen and oxygen atoms in total. The van der Waals surface area contributed by atoms with Crippen LogP contribution in [0.1, 0.15) is 95.9 Å². The zero-order chi connectivity index (χ0) is 36.7. The Bertz CT molecular complexity index is 1110. The van der Waals surface area contributed by atoms with Crippen molar-refractivity contribution in [3.63, 3.8) is 0 Å². The molecular formula is C35H61N3O9. The molecule has 0 radical (unpaired) electrons. The second-order valence-electron chi connectivity index (χ2n) is 14.5. The van der Waals surface area contributed by atoms with Crippen LogP contribution >= 0.6 is 0 Å². The fourth-order valence-corrected chi connectivity index (χ4v) is 5.88. The zero-order valence-electron chi connectivity index (χ0n) is 31.4. The Hall–Kier alpha value is -3.18. The van der Waals surface area contributed by atoms with Gasteiger partial charge in [0.1, 0.15) is 18.1 Å². The largest absolute Gasteiger partial charge is 0.450 e. The van der Waals surface area contributed by atoms with E-state index in [9.17, 15) is 28.8 Å². The molecular weight excluding hydrogens is 606 g/mol. The number of carbonyl (C=O) groups excluding carboxylic acids is 6. The van der Waals surface area contributed by atoms with E-state index < -0.39 is 95.7 Å². The fourth-order valence-electron chi connectivity index (χ4n) is 5.88. The van der Waals surface area contributed by atoms with Crippen molar-refractivity contribution in [3.8, 4) is 0 Å². The minimum Gasteiger partial charge on any atom is -0.450 e. The molecule has 0 bridgehead atoms. The van der Waals surface area contributed by atoms with Crippen molar-refractivity contribution < 1.29 is 43.0 Å². The second kappa shape index (κ2) is 17.8. The van der Waals surface area contributed by atoms with Crippen LogP contribution in [0.3, 0.4) is 0 Å². The first-order chi connectivity index (χ1) is 21.6. The monoisotopic (exact) mass is 667 g/mol. The number of rotatable bonds is 8. The predicted molar refractivity (Wildman–Crippen MR) is 178 cm³/mol. The van der Waals surface area contributed by atoms with Gasteiger partial charge in [-0.25, -0.2) is 14.4 Å². The molecule has 1 heterocycles. The van der Waals surface area contributed by atoms with Crippen LogP contribution in [0.5, 0.6) is 0 Å². The number of amides is 3. The summed E-state index contributed by atoms with van der Waals surface area (Å²) >= 11 is 0. The smallest absolute Gasteiger partial charge is 0.329 e. The Morgan fingerprint density at radius 2 is 0.681 bits per heavy atom. The lowest BCUT2D eigenvalue weighted by atomic mass is 9.94. The number of likely N-dealkylation sites (N-methyl/N-ethyl adjacent to an activating group) is 3. The van der Waals surface area contributed by atoms with Crippen LogP contribution < -0.4 is 0 Å². The molecule has 0 unspecified atom stereocenters. The topological polar surface area (TPSA) is 140 Å². The van der Waals surface area contributed by atoms with Crippen molar-refractivity contribution in [2.24, 2.45) is 35.5 Å². The van der Waals surface area contributed by atoms with Crippen molar-refractivity contribution in [1.82, 2.24) is 14.7 Å². The number of ether oxygens (including phenoxy) is 3. The first kappa shape index (κ1) is 41.8. The third-order valence-electron chi connectivity index (χ3n) is 9.29. The van der Waals surface area contributed by atoms with Gasteiger partial charge in [0, 0.05) is 21.1 Å². The summed E-state index contributed by atoms with van der Waals surface area (Å²) in [5.41, 5.74) is 0. The van der Waals surface area contributed by atoms with E-state index in [1.54, 1.807) is 69.2 Å². The normalized spacial score (nSPS) is 28.0. The van der Waals surface area contributed by atoms with E-state index in [1.165, 1.54) is 35.8 Å². The van der Waals surface area contributed by atoms with E-state index in [2.05, 4.69) is 0 Å². The van der Waals surface area contributed by atoms with Crippen LogP contribution in [-0.2, 0) is 43.0 Å². The summed E-state index contributed by atoms with van der Waals surface area (Å²) < 4.78 is 17.6. The highest BCUT2D eigenvalue weighted by Gasteiger charge is 2.45. The average molecular weight is 668 g/mol. The number of esters is 3. The number of hydrogen-bond acceptors (Lipinski definition) is 9. The van der Waals surface area contributed by atoms with Gasteiger partial charge in [0.15, 0.2) is 18.3 Å². The van der Waals surface area contributed by atoms with Crippen LogP contribution in [0.15, 0.2) is 0 Å². The Kier molecular flexibility index (Phi) is 15.9. The Labute approximate surface area is 282 Å². The third kappa shape index (κ3) is 9.92. The van der Waals surface area contributed by atoms with E-state index in [4.69, 9.17) is 14.2 Å². The summed E-state index contributed by atoms with van der Waals surface area (Å²) in [5.74, 6) is -6.82. The number of nitrogens with zero attached hydrogens (tertiary/aromatic N) is 3. The molecule has 0 aromatic carbocycles. The molecule has 0 N–H and O–H groups in total. The fraction of sp³-hybridized carbons (Fsp3) is 0.829. The molecule has 0 aromatic heterocycles. The van der Waals surface area contributed by atoms with Gasteiger partial charge in [0.2, 0.25) is 0 Å². The lowest BCUT2D eigenvalue weighted by Crippen LogP contribution is -2.58. The van der Waals surface area contributed by atoms with Crippen LogP contribution in [0.25, 0.3) is 0 Å². The lowest BCUT2D eigenvalue weighted by molar-refractivity contribution is -0.182. The molecule has 0 aliphatic carbocycles. The molecule has 1 fully saturated rings. The van der Waals surface area contributed by atoms with Gasteiger partial charge in [-0.1, -0.05) is 95.9 Å². The van der Waals surface area contributed by atoms with E-state index in [0.717, 1.165) is 0 Å². The Balaban J connectivity index is 4.00. The minimum absolute atomic E-state index is 0.380. The van der Waals surface area contributed by atoms with E-state index in [1.807, 2.05) is 13.8 Å². The first-order valence-corrected chi connectivity index (χ1v) is 17.1. The average Bonchev–Trinajstić information content (AvgIpc) is 2.98. The quantitative estimate of drug-likeness (QED) is 0.278. The lowest BCUT2D eigenvalue weighted by Gasteiger charge is -2.39. The maximum absolute atomic E-state index is 14.0. The Morgan fingerprint density at radius 1 is 0.447 bits per heavy atom. The van der Waals surface area contributed by atoms with E-state index in [-0.39, 0.29) is 11.8 Å². The molecule has 1 rings (SSSR count). The van der Waals surface area contributed by atoms with Gasteiger partial charge in [-0.05, 0) is 35.5 Å². The molecule has 270 valence electrons. The van der Waals surface area contributed by atoms with Crippen LogP contribution in [0.4, 0.5) is 0 Å². The van der Waals surface area contributed by atoms with Gasteiger partial charge in [-0.3, -0.25) is 14.4 Å². The van der Waals surface area contributed by atoms with Gasteiger partial charge < -0.3 is 28.9 Å². The maximum Gasteiger partial charge on any atom is 0.329 e. The van der Waals surface area contributed by atoms with Crippen LogP contribution in [-0.4, -0.2) is 108 Å². The van der Waals surface area contributed by atoms with Crippen molar-refractivity contribution in [2.45, 2.75) is 132 Å². The first-order valence-electron chi connectivity index (χ1n) is 17.1. The molecule has 3 amide bonds. The summed E-state index contributed by atoms with van der Waals surface area (Å²) in [6.07, 6.45) is -2.82. The van der Waals surface area contributed by atoms with Crippen LogP contribution in [0, 0.1) is 35.5 Å². The molecule has 1 aliphatic heterocycles. The highest BCUT2D eigenvalue weighted by molar-refractivity contribution is 5.94. The third-order valence-corrected chi connectivity index (χ3v) is 9.29. The second-order valence-corrected chi connectivity index (χ2v) is 14.5. The summed E-state index contributed by atoms with van der Waals surface area (Å²) in [5, 5.41) is 0. The summed E-state index contributed by atoms with van der Waals surface area (Å²) in [6, 6.07) is -3.31. The van der Waals surface area contributed by atoms with Gasteiger partial charge in [0.05, 0.1) is 0 Å². The van der Waals surface area contributed by atoms with Crippen molar-refractivity contribution in [2.75, 3.05) is 21.1 Å². The van der Waals surface area contributed by atoms with Gasteiger partial charge in [0.25, 0.3) is 17.7 Å². The highest BCUT2D eigenvalue weighted by atomic mass is 16.6. The van der Waals surface area contributed by atoms with E-state index in [0.29, 0.717) is 12.8 Å². The summed E-state index contributed by atoms with van der Waals surface area (Å²) in [4.78, 5) is 87.3. The number of hydrogen-bond donors (Lipinski definition) is 0. The summed E-state index contributed by atoms with van der Waals surface area (Å²) in [6.45, 7) is 21.1. The van der Waals surface area contributed by atoms with Gasteiger partial charge in [-0.2, -0.15) is 0 Å². The predicted octanol–water partition coefficient (Wildman–Crippen LogP) is 3.93. The van der Waals surface area contributed by atoms with Gasteiger partial charge in [-0.15, -0.1) is 0 Å². The highest BCUT2D eigenvalue weighted by Crippen LogP contribution is 2.26. The molecule has 1 saturated heterocycles. The molecule has 8 atom stereocenters. The van der Waals surface area contributed by atoms with Crippen molar-refractivity contribution in [3.05, 3.63) is 0 Å². The van der Waals surface area contributed by atoms with Gasteiger partial charge >= 0.3 is 17.9 Å².